The molecule has 2 aromatic rings. The van der Waals surface area contributed by atoms with Crippen LogP contribution in [-0.4, -0.2) is 0 Å². The van der Waals surface area contributed by atoms with Gasteiger partial charge in [0.25, 0.3) is 0 Å². The van der Waals surface area contributed by atoms with Gasteiger partial charge in [0, 0.05) is 16.5 Å². The second-order valence-electron chi connectivity index (χ2n) is 3.78. The van der Waals surface area contributed by atoms with Crippen molar-refractivity contribution in [3.63, 3.8) is 0 Å². The molecule has 0 fully saturated rings. The molecule has 3 rings (SSSR count). The van der Waals surface area contributed by atoms with Crippen LogP contribution in [0.3, 0.4) is 0 Å². The summed E-state index contributed by atoms with van der Waals surface area (Å²) < 4.78 is 12.1. The molecule has 0 bridgehead atoms. The number of hydrogen-bond donors (Lipinski definition) is 0. The van der Waals surface area contributed by atoms with E-state index in [1.54, 1.807) is 6.26 Å². The van der Waals surface area contributed by atoms with Gasteiger partial charge in [-0.25, -0.2) is 0 Å². The predicted molar refractivity (Wildman–Crippen MR) is 67.5 cm³/mol. The highest BCUT2D eigenvalue weighted by molar-refractivity contribution is 9.10. The van der Waals surface area contributed by atoms with Gasteiger partial charge in [0.2, 0.25) is 0 Å². The van der Waals surface area contributed by atoms with E-state index < -0.39 is 0 Å². The Morgan fingerprint density at radius 1 is 1.31 bits per heavy atom. The monoisotopic (exact) mass is 276 g/mol. The molecular weight excluding hydrogens is 268 g/mol. The third-order valence-corrected chi connectivity index (χ3v) is 3.32. The number of benzene rings is 1. The van der Waals surface area contributed by atoms with Crippen molar-refractivity contribution in [2.45, 2.75) is 6.92 Å². The van der Waals surface area contributed by atoms with Crippen molar-refractivity contribution in [3.05, 3.63) is 46.3 Å². The molecule has 0 N–H and O–H groups in total. The highest BCUT2D eigenvalue weighted by Crippen LogP contribution is 2.39. The summed E-state index contributed by atoms with van der Waals surface area (Å²) >= 11 is 3.46. The van der Waals surface area contributed by atoms with E-state index in [1.165, 1.54) is 0 Å². The van der Waals surface area contributed by atoms with Crippen molar-refractivity contribution < 1.29 is 9.15 Å². The zero-order valence-corrected chi connectivity index (χ0v) is 10.3. The molecule has 1 aliphatic heterocycles. The molecule has 1 aromatic carbocycles. The standard InChI is InChI=1S/C13H9BrO2/c1-7-3-4-9-5-10-11(14)6-15-13(10)8(2)12(9)16-7/h3-6H,1H2,2H3. The molecule has 1 aliphatic rings. The van der Waals surface area contributed by atoms with Crippen molar-refractivity contribution in [2.24, 2.45) is 0 Å². The van der Waals surface area contributed by atoms with E-state index in [9.17, 15) is 0 Å². The fourth-order valence-corrected chi connectivity index (χ4v) is 2.31. The first kappa shape index (κ1) is 9.73. The van der Waals surface area contributed by atoms with Crippen LogP contribution >= 0.6 is 15.9 Å². The minimum absolute atomic E-state index is 0.653. The first-order valence-corrected chi connectivity index (χ1v) is 5.71. The van der Waals surface area contributed by atoms with Crippen LogP contribution in [0.1, 0.15) is 11.1 Å². The Kier molecular flexibility index (Phi) is 1.98. The molecule has 0 spiro atoms. The number of fused-ring (bicyclic) bond motifs is 2. The Hall–Kier alpha value is -1.48. The van der Waals surface area contributed by atoms with Crippen LogP contribution in [0, 0.1) is 6.92 Å². The van der Waals surface area contributed by atoms with Gasteiger partial charge in [0.05, 0.1) is 4.47 Å². The minimum atomic E-state index is 0.653. The fourth-order valence-electron chi connectivity index (χ4n) is 1.92. The van der Waals surface area contributed by atoms with Crippen LogP contribution in [0.25, 0.3) is 17.0 Å². The number of rotatable bonds is 0. The summed E-state index contributed by atoms with van der Waals surface area (Å²) in [6, 6.07) is 2.05. The normalized spacial score (nSPS) is 14.0. The van der Waals surface area contributed by atoms with E-state index in [1.807, 2.05) is 25.1 Å². The quantitative estimate of drug-likeness (QED) is 0.711. The molecule has 80 valence electrons. The summed E-state index contributed by atoms with van der Waals surface area (Å²) in [6.07, 6.45) is 5.57. The van der Waals surface area contributed by atoms with Gasteiger partial charge < -0.3 is 9.15 Å². The zero-order chi connectivity index (χ0) is 11.3. The molecule has 0 amide bonds. The van der Waals surface area contributed by atoms with Crippen molar-refractivity contribution >= 4 is 33.0 Å². The molecule has 0 unspecified atom stereocenters. The SMILES string of the molecule is C=C1C=Cc2cc3c(Br)coc3c(C)c2O1. The van der Waals surface area contributed by atoms with E-state index in [0.29, 0.717) is 5.76 Å². The number of allylic oxidation sites excluding steroid dienone is 1. The van der Waals surface area contributed by atoms with Crippen molar-refractivity contribution in [2.75, 3.05) is 0 Å². The van der Waals surface area contributed by atoms with Gasteiger partial charge in [-0.05, 0) is 41.1 Å². The van der Waals surface area contributed by atoms with E-state index in [4.69, 9.17) is 9.15 Å². The number of aryl methyl sites for hydroxylation is 1. The second kappa shape index (κ2) is 3.25. The lowest BCUT2D eigenvalue weighted by Crippen LogP contribution is -1.99. The van der Waals surface area contributed by atoms with Crippen LogP contribution in [0.15, 0.2) is 39.6 Å². The van der Waals surface area contributed by atoms with Crippen LogP contribution in [0.4, 0.5) is 0 Å². The smallest absolute Gasteiger partial charge is 0.141 e. The van der Waals surface area contributed by atoms with Crippen molar-refractivity contribution in [3.8, 4) is 5.75 Å². The molecular formula is C13H9BrO2. The second-order valence-corrected chi connectivity index (χ2v) is 4.64. The van der Waals surface area contributed by atoms with Gasteiger partial charge in [0.1, 0.15) is 23.4 Å². The third-order valence-electron chi connectivity index (χ3n) is 2.71. The largest absolute Gasteiger partial charge is 0.463 e. The maximum Gasteiger partial charge on any atom is 0.141 e. The van der Waals surface area contributed by atoms with Gasteiger partial charge in [-0.1, -0.05) is 6.58 Å². The lowest BCUT2D eigenvalue weighted by molar-refractivity contribution is 0.438. The number of halogens is 1. The van der Waals surface area contributed by atoms with Gasteiger partial charge in [-0.15, -0.1) is 0 Å². The van der Waals surface area contributed by atoms with E-state index in [-0.39, 0.29) is 0 Å². The molecule has 0 saturated carbocycles. The van der Waals surface area contributed by atoms with Gasteiger partial charge >= 0.3 is 0 Å². The Labute approximate surface area is 101 Å². The van der Waals surface area contributed by atoms with E-state index in [2.05, 4.69) is 22.5 Å². The average Bonchev–Trinajstić information content (AvgIpc) is 2.63. The minimum Gasteiger partial charge on any atom is -0.463 e. The Morgan fingerprint density at radius 2 is 2.12 bits per heavy atom. The van der Waals surface area contributed by atoms with E-state index >= 15 is 0 Å². The number of ether oxygens (including phenoxy) is 1. The third kappa shape index (κ3) is 1.25. The first-order valence-electron chi connectivity index (χ1n) is 4.92. The summed E-state index contributed by atoms with van der Waals surface area (Å²) in [4.78, 5) is 0. The number of furan rings is 1. The summed E-state index contributed by atoms with van der Waals surface area (Å²) in [7, 11) is 0. The van der Waals surface area contributed by atoms with Crippen LogP contribution in [-0.2, 0) is 0 Å². The summed E-state index contributed by atoms with van der Waals surface area (Å²) in [6.45, 7) is 5.78. The molecule has 0 radical (unpaired) electrons. The Balaban J connectivity index is 2.41. The summed E-state index contributed by atoms with van der Waals surface area (Å²) in [5, 5.41) is 1.07. The maximum absolute atomic E-state index is 5.62. The molecule has 0 aliphatic carbocycles. The molecule has 0 atom stereocenters. The van der Waals surface area contributed by atoms with Crippen LogP contribution in [0.5, 0.6) is 5.75 Å². The molecule has 3 heteroatoms. The number of hydrogen-bond acceptors (Lipinski definition) is 2. The molecule has 2 heterocycles. The Bertz CT molecular complexity index is 635. The first-order chi connectivity index (χ1) is 7.66. The zero-order valence-electron chi connectivity index (χ0n) is 8.71. The van der Waals surface area contributed by atoms with Crippen LogP contribution < -0.4 is 4.74 Å². The van der Waals surface area contributed by atoms with Crippen LogP contribution in [0.2, 0.25) is 0 Å². The van der Waals surface area contributed by atoms with Crippen molar-refractivity contribution in [1.82, 2.24) is 0 Å². The van der Waals surface area contributed by atoms with Crippen molar-refractivity contribution in [1.29, 1.82) is 0 Å². The highest BCUT2D eigenvalue weighted by Gasteiger charge is 2.17. The average molecular weight is 277 g/mol. The summed E-state index contributed by atoms with van der Waals surface area (Å²) in [5.41, 5.74) is 2.91. The van der Waals surface area contributed by atoms with E-state index in [0.717, 1.165) is 32.3 Å². The maximum atomic E-state index is 5.62. The predicted octanol–water partition coefficient (Wildman–Crippen LogP) is 4.42. The Morgan fingerprint density at radius 3 is 2.94 bits per heavy atom. The molecule has 1 aromatic heterocycles. The molecule has 2 nitrogen and oxygen atoms in total. The fraction of sp³-hybridized carbons (Fsp3) is 0.0769. The van der Waals surface area contributed by atoms with Gasteiger partial charge in [-0.3, -0.25) is 0 Å². The lowest BCUT2D eigenvalue weighted by Gasteiger charge is -2.16. The molecule has 0 saturated heterocycles. The lowest BCUT2D eigenvalue weighted by atomic mass is 10.0. The highest BCUT2D eigenvalue weighted by atomic mass is 79.9. The van der Waals surface area contributed by atoms with Gasteiger partial charge in [0.15, 0.2) is 0 Å². The molecule has 16 heavy (non-hydrogen) atoms. The topological polar surface area (TPSA) is 22.4 Å². The summed E-state index contributed by atoms with van der Waals surface area (Å²) in [5.74, 6) is 1.49. The van der Waals surface area contributed by atoms with Gasteiger partial charge in [-0.2, -0.15) is 0 Å².